The second-order valence-electron chi connectivity index (χ2n) is 5.72. The van der Waals surface area contributed by atoms with E-state index >= 15 is 0 Å². The van der Waals surface area contributed by atoms with Gasteiger partial charge in [0.05, 0.1) is 17.3 Å². The second kappa shape index (κ2) is 8.04. The van der Waals surface area contributed by atoms with Crippen LogP contribution in [0.25, 0.3) is 6.08 Å². The lowest BCUT2D eigenvalue weighted by Gasteiger charge is -2.26. The zero-order valence-electron chi connectivity index (χ0n) is 14.5. The van der Waals surface area contributed by atoms with E-state index in [1.165, 1.54) is 18.2 Å². The number of hydrogen-bond acceptors (Lipinski definition) is 5. The highest BCUT2D eigenvalue weighted by molar-refractivity contribution is 9.10. The zero-order valence-corrected chi connectivity index (χ0v) is 16.9. The van der Waals surface area contributed by atoms with E-state index < -0.39 is 17.8 Å². The Hall–Kier alpha value is -2.84. The van der Waals surface area contributed by atoms with Crippen molar-refractivity contribution in [3.05, 3.63) is 57.0 Å². The average molecular weight is 466 g/mol. The Bertz CT molecular complexity index is 1020. The Kier molecular flexibility index (Phi) is 5.71. The van der Waals surface area contributed by atoms with Gasteiger partial charge in [-0.05, 0) is 48.9 Å². The van der Waals surface area contributed by atoms with Crippen molar-refractivity contribution in [1.29, 1.82) is 0 Å². The lowest BCUT2D eigenvalue weighted by Crippen LogP contribution is -2.54. The van der Waals surface area contributed by atoms with Gasteiger partial charge in [0.2, 0.25) is 0 Å². The maximum Gasteiger partial charge on any atom is 0.335 e. The number of rotatable bonds is 4. The summed E-state index contributed by atoms with van der Waals surface area (Å²) in [6, 6.07) is 8.53. The number of barbiturate groups is 1. The van der Waals surface area contributed by atoms with Crippen LogP contribution in [0.4, 0.5) is 10.5 Å². The number of carbonyl (C=O) groups is 3. The molecule has 0 bridgehead atoms. The molecule has 1 saturated heterocycles. The summed E-state index contributed by atoms with van der Waals surface area (Å²) in [6.07, 6.45) is 1.28. The molecule has 4 amide bonds. The summed E-state index contributed by atoms with van der Waals surface area (Å²) in [5.74, 6) is -1.74. The Morgan fingerprint density at radius 1 is 1.25 bits per heavy atom. The zero-order chi connectivity index (χ0) is 20.4. The fraction of sp³-hybridized carbons (Fsp3) is 0.105. The molecule has 9 heteroatoms. The van der Waals surface area contributed by atoms with E-state index in [2.05, 4.69) is 21.2 Å². The van der Waals surface area contributed by atoms with Crippen LogP contribution in [0.2, 0.25) is 5.02 Å². The number of anilines is 1. The molecule has 2 aromatic rings. The van der Waals surface area contributed by atoms with Crippen LogP contribution in [-0.2, 0) is 9.59 Å². The molecule has 0 aromatic heterocycles. The number of benzene rings is 2. The molecule has 0 radical (unpaired) electrons. The number of ether oxygens (including phenoxy) is 1. The molecule has 144 valence electrons. The largest absolute Gasteiger partial charge is 0.503 e. The van der Waals surface area contributed by atoms with E-state index in [1.807, 2.05) is 0 Å². The summed E-state index contributed by atoms with van der Waals surface area (Å²) in [7, 11) is 0. The molecule has 1 fully saturated rings. The predicted octanol–water partition coefficient (Wildman–Crippen LogP) is 3.87. The Morgan fingerprint density at radius 2 is 2.00 bits per heavy atom. The van der Waals surface area contributed by atoms with Crippen molar-refractivity contribution in [1.82, 2.24) is 5.32 Å². The lowest BCUT2D eigenvalue weighted by molar-refractivity contribution is -0.122. The summed E-state index contributed by atoms with van der Waals surface area (Å²) in [5.41, 5.74) is 0.395. The van der Waals surface area contributed by atoms with Gasteiger partial charge < -0.3 is 9.84 Å². The molecule has 0 atom stereocenters. The van der Waals surface area contributed by atoms with E-state index in [0.717, 1.165) is 4.90 Å². The van der Waals surface area contributed by atoms with Crippen LogP contribution >= 0.6 is 27.5 Å². The number of halogens is 2. The summed E-state index contributed by atoms with van der Waals surface area (Å²) < 4.78 is 5.97. The quantitative estimate of drug-likeness (QED) is 0.528. The maximum atomic E-state index is 12.9. The minimum atomic E-state index is -0.844. The van der Waals surface area contributed by atoms with Crippen molar-refractivity contribution in [2.24, 2.45) is 0 Å². The van der Waals surface area contributed by atoms with Crippen molar-refractivity contribution in [3.63, 3.8) is 0 Å². The Morgan fingerprint density at radius 3 is 2.68 bits per heavy atom. The third kappa shape index (κ3) is 3.88. The highest BCUT2D eigenvalue weighted by Crippen LogP contribution is 2.36. The number of carbonyl (C=O) groups excluding carboxylic acids is 3. The van der Waals surface area contributed by atoms with Gasteiger partial charge in [-0.2, -0.15) is 0 Å². The van der Waals surface area contributed by atoms with Crippen molar-refractivity contribution < 1.29 is 24.2 Å². The molecular formula is C19H14BrClN2O5. The van der Waals surface area contributed by atoms with Crippen LogP contribution in [0.3, 0.4) is 0 Å². The lowest BCUT2D eigenvalue weighted by atomic mass is 10.1. The van der Waals surface area contributed by atoms with Gasteiger partial charge >= 0.3 is 6.03 Å². The van der Waals surface area contributed by atoms with E-state index in [-0.39, 0.29) is 28.7 Å². The number of phenolic OH excluding ortho intramolecular Hbond substituents is 1. The van der Waals surface area contributed by atoms with Gasteiger partial charge in [0.25, 0.3) is 11.8 Å². The first-order chi connectivity index (χ1) is 13.3. The van der Waals surface area contributed by atoms with Crippen LogP contribution in [0.5, 0.6) is 11.5 Å². The summed E-state index contributed by atoms with van der Waals surface area (Å²) in [5, 5.41) is 12.1. The number of amides is 4. The normalized spacial score (nSPS) is 15.8. The first-order valence-corrected chi connectivity index (χ1v) is 9.31. The van der Waals surface area contributed by atoms with Gasteiger partial charge in [0.15, 0.2) is 11.5 Å². The Balaban J connectivity index is 2.04. The molecule has 2 aromatic carbocycles. The number of phenols is 1. The molecule has 0 unspecified atom stereocenters. The van der Waals surface area contributed by atoms with Crippen LogP contribution in [0, 0.1) is 0 Å². The van der Waals surface area contributed by atoms with Crippen LogP contribution < -0.4 is 15.0 Å². The minimum absolute atomic E-state index is 0.00129. The molecule has 1 aliphatic rings. The summed E-state index contributed by atoms with van der Waals surface area (Å²) in [6.45, 7) is 2.02. The molecule has 3 rings (SSSR count). The number of nitrogens with zero attached hydrogens (tertiary/aromatic N) is 1. The topological polar surface area (TPSA) is 95.9 Å². The number of hydrogen-bond donors (Lipinski definition) is 2. The molecule has 1 aliphatic heterocycles. The number of urea groups is 1. The fourth-order valence-corrected chi connectivity index (χ4v) is 3.22. The van der Waals surface area contributed by atoms with E-state index in [4.69, 9.17) is 16.3 Å². The van der Waals surface area contributed by atoms with Crippen LogP contribution in [-0.4, -0.2) is 29.6 Å². The first kappa shape index (κ1) is 19.9. The van der Waals surface area contributed by atoms with Crippen molar-refractivity contribution in [2.45, 2.75) is 6.92 Å². The average Bonchev–Trinajstić information content (AvgIpc) is 2.63. The van der Waals surface area contributed by atoms with Crippen molar-refractivity contribution >= 4 is 57.1 Å². The molecule has 7 nitrogen and oxygen atoms in total. The van der Waals surface area contributed by atoms with E-state index in [1.54, 1.807) is 31.2 Å². The molecule has 28 heavy (non-hydrogen) atoms. The van der Waals surface area contributed by atoms with Gasteiger partial charge in [0.1, 0.15) is 5.57 Å². The highest BCUT2D eigenvalue weighted by atomic mass is 79.9. The molecule has 2 N–H and O–H groups in total. The monoisotopic (exact) mass is 464 g/mol. The minimum Gasteiger partial charge on any atom is -0.503 e. The van der Waals surface area contributed by atoms with E-state index in [0.29, 0.717) is 15.7 Å². The standard InChI is InChI=1S/C19H14BrClN2O5/c1-2-28-15-8-10(7-14(21)16(15)24)6-13-17(25)22-19(27)23(18(13)26)12-5-3-4-11(20)9-12/h3-9,24H,2H2,1H3,(H,22,25,27)/b13-6+. The fourth-order valence-electron chi connectivity index (χ4n) is 2.62. The predicted molar refractivity (Wildman–Crippen MR) is 107 cm³/mol. The SMILES string of the molecule is CCOc1cc(/C=C2\C(=O)NC(=O)N(c3cccc(Br)c3)C2=O)cc(Cl)c1O. The van der Waals surface area contributed by atoms with Gasteiger partial charge in [0, 0.05) is 4.47 Å². The van der Waals surface area contributed by atoms with Crippen LogP contribution in [0.15, 0.2) is 46.4 Å². The van der Waals surface area contributed by atoms with Crippen LogP contribution in [0.1, 0.15) is 12.5 Å². The van der Waals surface area contributed by atoms with Gasteiger partial charge in [-0.25, -0.2) is 9.69 Å². The molecule has 0 aliphatic carbocycles. The number of nitrogens with one attached hydrogen (secondary N) is 1. The van der Waals surface area contributed by atoms with Crippen molar-refractivity contribution in [3.8, 4) is 11.5 Å². The third-order valence-electron chi connectivity index (χ3n) is 3.83. The van der Waals surface area contributed by atoms with E-state index in [9.17, 15) is 19.5 Å². The third-order valence-corrected chi connectivity index (χ3v) is 4.61. The maximum absolute atomic E-state index is 12.9. The Labute approximate surface area is 173 Å². The molecule has 0 spiro atoms. The number of aromatic hydroxyl groups is 1. The summed E-state index contributed by atoms with van der Waals surface area (Å²) in [4.78, 5) is 38.2. The smallest absolute Gasteiger partial charge is 0.335 e. The number of imide groups is 2. The van der Waals surface area contributed by atoms with Crippen molar-refractivity contribution in [2.75, 3.05) is 11.5 Å². The van der Waals surface area contributed by atoms with Gasteiger partial charge in [-0.1, -0.05) is 33.6 Å². The highest BCUT2D eigenvalue weighted by Gasteiger charge is 2.36. The molecular weight excluding hydrogens is 452 g/mol. The molecule has 0 saturated carbocycles. The van der Waals surface area contributed by atoms with Gasteiger partial charge in [-0.15, -0.1) is 0 Å². The summed E-state index contributed by atoms with van der Waals surface area (Å²) >= 11 is 9.28. The molecule has 1 heterocycles. The second-order valence-corrected chi connectivity index (χ2v) is 7.04. The first-order valence-electron chi connectivity index (χ1n) is 8.14. The van der Waals surface area contributed by atoms with Gasteiger partial charge in [-0.3, -0.25) is 14.9 Å².